The lowest BCUT2D eigenvalue weighted by Crippen LogP contribution is -2.39. The summed E-state index contributed by atoms with van der Waals surface area (Å²) >= 11 is 0. The van der Waals surface area contributed by atoms with Crippen molar-refractivity contribution in [1.82, 2.24) is 15.4 Å². The van der Waals surface area contributed by atoms with E-state index in [-0.39, 0.29) is 24.0 Å². The zero-order valence-electron chi connectivity index (χ0n) is 14.4. The van der Waals surface area contributed by atoms with Gasteiger partial charge in [-0.1, -0.05) is 32.1 Å². The standard InChI is InChI=1S/C15H32N4O2S.HI/c1-16-15(18-12-7-13-19-22(2,20)21)17-11-6-10-14-8-4-3-5-9-14;/h14,19H,3-13H2,1-2H3,(H2,16,17,18);1H. The third-order valence-corrected chi connectivity index (χ3v) is 4.77. The van der Waals surface area contributed by atoms with E-state index in [0.717, 1.165) is 24.8 Å². The summed E-state index contributed by atoms with van der Waals surface area (Å²) in [5.41, 5.74) is 0. The quantitative estimate of drug-likeness (QED) is 0.213. The van der Waals surface area contributed by atoms with E-state index in [2.05, 4.69) is 20.3 Å². The van der Waals surface area contributed by atoms with Gasteiger partial charge in [-0.25, -0.2) is 13.1 Å². The highest BCUT2D eigenvalue weighted by molar-refractivity contribution is 14.0. The van der Waals surface area contributed by atoms with Gasteiger partial charge in [0.25, 0.3) is 0 Å². The summed E-state index contributed by atoms with van der Waals surface area (Å²) in [6.45, 7) is 2.09. The fraction of sp³-hybridized carbons (Fsp3) is 0.933. The number of aliphatic imine (C=N–C) groups is 1. The van der Waals surface area contributed by atoms with Gasteiger partial charge in [-0.15, -0.1) is 24.0 Å². The third-order valence-electron chi connectivity index (χ3n) is 4.04. The second-order valence-electron chi connectivity index (χ2n) is 6.09. The van der Waals surface area contributed by atoms with Gasteiger partial charge >= 0.3 is 0 Å². The number of nitrogens with zero attached hydrogens (tertiary/aromatic N) is 1. The van der Waals surface area contributed by atoms with Crippen molar-refractivity contribution in [2.75, 3.05) is 32.9 Å². The van der Waals surface area contributed by atoms with E-state index in [4.69, 9.17) is 0 Å². The van der Waals surface area contributed by atoms with Crippen LogP contribution in [-0.4, -0.2) is 47.3 Å². The van der Waals surface area contributed by atoms with Crippen molar-refractivity contribution in [3.8, 4) is 0 Å². The summed E-state index contributed by atoms with van der Waals surface area (Å²) in [7, 11) is -1.33. The second-order valence-corrected chi connectivity index (χ2v) is 7.93. The summed E-state index contributed by atoms with van der Waals surface area (Å²) < 4.78 is 24.3. The van der Waals surface area contributed by atoms with Crippen LogP contribution in [0.3, 0.4) is 0 Å². The molecular weight excluding hydrogens is 427 g/mol. The SMILES string of the molecule is CN=C(NCCCNS(C)(=O)=O)NCCCC1CCCCC1.I. The maximum Gasteiger partial charge on any atom is 0.208 e. The zero-order chi connectivity index (χ0) is 16.3. The molecule has 0 aliphatic heterocycles. The van der Waals surface area contributed by atoms with Crippen molar-refractivity contribution in [2.45, 2.75) is 51.4 Å². The molecule has 1 saturated carbocycles. The highest BCUT2D eigenvalue weighted by atomic mass is 127. The molecule has 0 atom stereocenters. The summed E-state index contributed by atoms with van der Waals surface area (Å²) in [5.74, 6) is 1.72. The monoisotopic (exact) mass is 460 g/mol. The molecule has 0 unspecified atom stereocenters. The molecule has 0 aromatic heterocycles. The molecule has 0 aromatic rings. The molecular formula is C15H33IN4O2S. The lowest BCUT2D eigenvalue weighted by molar-refractivity contribution is 0.332. The van der Waals surface area contributed by atoms with Crippen molar-refractivity contribution in [1.29, 1.82) is 0 Å². The molecule has 1 fully saturated rings. The first-order chi connectivity index (χ1) is 10.5. The Bertz CT molecular complexity index is 423. The van der Waals surface area contributed by atoms with Gasteiger partial charge < -0.3 is 10.6 Å². The molecule has 1 rings (SSSR count). The van der Waals surface area contributed by atoms with E-state index < -0.39 is 10.0 Å². The largest absolute Gasteiger partial charge is 0.356 e. The van der Waals surface area contributed by atoms with Crippen LogP contribution >= 0.6 is 24.0 Å². The molecule has 8 heteroatoms. The average molecular weight is 460 g/mol. The van der Waals surface area contributed by atoms with Crippen molar-refractivity contribution >= 4 is 40.0 Å². The Morgan fingerprint density at radius 1 is 1.04 bits per heavy atom. The predicted molar refractivity (Wildman–Crippen MR) is 108 cm³/mol. The van der Waals surface area contributed by atoms with Gasteiger partial charge in [-0.05, 0) is 25.2 Å². The van der Waals surface area contributed by atoms with Gasteiger partial charge in [-0.2, -0.15) is 0 Å². The number of sulfonamides is 1. The summed E-state index contributed by atoms with van der Waals surface area (Å²) in [5, 5.41) is 6.51. The molecule has 6 nitrogen and oxygen atoms in total. The molecule has 3 N–H and O–H groups in total. The van der Waals surface area contributed by atoms with Gasteiger partial charge in [0.05, 0.1) is 6.26 Å². The lowest BCUT2D eigenvalue weighted by atomic mass is 9.86. The van der Waals surface area contributed by atoms with E-state index in [1.807, 2.05) is 0 Å². The van der Waals surface area contributed by atoms with Gasteiger partial charge in [-0.3, -0.25) is 4.99 Å². The minimum Gasteiger partial charge on any atom is -0.356 e. The number of hydrogen-bond acceptors (Lipinski definition) is 3. The van der Waals surface area contributed by atoms with Crippen LogP contribution in [0.4, 0.5) is 0 Å². The van der Waals surface area contributed by atoms with Crippen LogP contribution in [0.15, 0.2) is 4.99 Å². The molecule has 0 heterocycles. The molecule has 0 aromatic carbocycles. The Morgan fingerprint density at radius 3 is 2.22 bits per heavy atom. The molecule has 0 bridgehead atoms. The Hall–Kier alpha value is -0.0900. The summed E-state index contributed by atoms with van der Waals surface area (Å²) in [6.07, 6.45) is 11.4. The van der Waals surface area contributed by atoms with Crippen molar-refractivity contribution < 1.29 is 8.42 Å². The molecule has 0 amide bonds. The van der Waals surface area contributed by atoms with Crippen molar-refractivity contribution in [2.24, 2.45) is 10.9 Å². The topological polar surface area (TPSA) is 82.6 Å². The van der Waals surface area contributed by atoms with Gasteiger partial charge in [0.1, 0.15) is 0 Å². The Balaban J connectivity index is 0.00000484. The minimum absolute atomic E-state index is 0. The molecule has 138 valence electrons. The van der Waals surface area contributed by atoms with Crippen LogP contribution in [0, 0.1) is 5.92 Å². The van der Waals surface area contributed by atoms with Gasteiger partial charge in [0.2, 0.25) is 10.0 Å². The Morgan fingerprint density at radius 2 is 1.65 bits per heavy atom. The average Bonchev–Trinajstić information content (AvgIpc) is 2.49. The van der Waals surface area contributed by atoms with E-state index in [1.54, 1.807) is 7.05 Å². The summed E-state index contributed by atoms with van der Waals surface area (Å²) in [6, 6.07) is 0. The predicted octanol–water partition coefficient (Wildman–Crippen LogP) is 2.07. The smallest absolute Gasteiger partial charge is 0.208 e. The van der Waals surface area contributed by atoms with Gasteiger partial charge in [0.15, 0.2) is 5.96 Å². The fourth-order valence-electron chi connectivity index (χ4n) is 2.85. The first-order valence-corrected chi connectivity index (χ1v) is 10.3. The van der Waals surface area contributed by atoms with Crippen LogP contribution in [0.1, 0.15) is 51.4 Å². The Kier molecular flexibility index (Phi) is 13.2. The highest BCUT2D eigenvalue weighted by Crippen LogP contribution is 2.26. The number of rotatable bonds is 9. The van der Waals surface area contributed by atoms with Gasteiger partial charge in [0, 0.05) is 26.7 Å². The van der Waals surface area contributed by atoms with Crippen molar-refractivity contribution in [3.05, 3.63) is 0 Å². The van der Waals surface area contributed by atoms with E-state index in [1.165, 1.54) is 51.2 Å². The van der Waals surface area contributed by atoms with Crippen LogP contribution in [-0.2, 0) is 10.0 Å². The molecule has 0 saturated heterocycles. The van der Waals surface area contributed by atoms with E-state index in [9.17, 15) is 8.42 Å². The van der Waals surface area contributed by atoms with E-state index in [0.29, 0.717) is 13.1 Å². The molecule has 1 aliphatic carbocycles. The third kappa shape index (κ3) is 12.9. The minimum atomic E-state index is -3.08. The number of guanidine groups is 1. The van der Waals surface area contributed by atoms with Crippen LogP contribution in [0.25, 0.3) is 0 Å². The maximum absolute atomic E-state index is 10.9. The number of nitrogens with one attached hydrogen (secondary N) is 3. The zero-order valence-corrected chi connectivity index (χ0v) is 17.6. The van der Waals surface area contributed by atoms with Crippen LogP contribution in [0.2, 0.25) is 0 Å². The van der Waals surface area contributed by atoms with Crippen molar-refractivity contribution in [3.63, 3.8) is 0 Å². The normalized spacial score (nSPS) is 16.7. The lowest BCUT2D eigenvalue weighted by Gasteiger charge is -2.21. The first-order valence-electron chi connectivity index (χ1n) is 8.40. The number of halogens is 1. The Labute approximate surface area is 158 Å². The second kappa shape index (κ2) is 13.2. The molecule has 0 radical (unpaired) electrons. The first kappa shape index (κ1) is 22.9. The molecule has 23 heavy (non-hydrogen) atoms. The molecule has 0 spiro atoms. The summed E-state index contributed by atoms with van der Waals surface area (Å²) in [4.78, 5) is 4.17. The van der Waals surface area contributed by atoms with Crippen LogP contribution < -0.4 is 15.4 Å². The molecule has 1 aliphatic rings. The highest BCUT2D eigenvalue weighted by Gasteiger charge is 2.12. The maximum atomic E-state index is 10.9. The van der Waals surface area contributed by atoms with E-state index >= 15 is 0 Å². The fourth-order valence-corrected chi connectivity index (χ4v) is 3.36. The van der Waals surface area contributed by atoms with Crippen LogP contribution in [0.5, 0.6) is 0 Å². The number of hydrogen-bond donors (Lipinski definition) is 3.